The number of primary amides is 1. The molecule has 0 bridgehead atoms. The molecule has 0 fully saturated rings. The van der Waals surface area contributed by atoms with E-state index in [0.29, 0.717) is 11.7 Å². The third kappa shape index (κ3) is 9.56. The van der Waals surface area contributed by atoms with Gasteiger partial charge >= 0.3 is 6.09 Å². The van der Waals surface area contributed by atoms with Crippen LogP contribution >= 0.6 is 12.2 Å². The molecule has 7 nitrogen and oxygen atoms in total. The molecule has 2 aromatic rings. The van der Waals surface area contributed by atoms with Crippen LogP contribution in [0.3, 0.4) is 0 Å². The van der Waals surface area contributed by atoms with Gasteiger partial charge in [-0.25, -0.2) is 4.79 Å². The van der Waals surface area contributed by atoms with Crippen LogP contribution in [0, 0.1) is 0 Å². The Hall–Kier alpha value is -2.87. The SMILES string of the molecule is CCCC(C)(C)NC(=O)OCC.NC(=O)CNC(=S)Nc1cccc2ccccc12. The maximum Gasteiger partial charge on any atom is 0.407 e. The number of anilines is 1. The molecule has 2 aromatic carbocycles. The minimum atomic E-state index is -0.447. The molecular weight excluding hydrogens is 400 g/mol. The molecule has 0 aliphatic rings. The van der Waals surface area contributed by atoms with Gasteiger partial charge in [0.05, 0.1) is 13.2 Å². The predicted octanol–water partition coefficient (Wildman–Crippen LogP) is 3.92. The molecule has 0 heterocycles. The van der Waals surface area contributed by atoms with Crippen LogP contribution in [0.25, 0.3) is 10.8 Å². The summed E-state index contributed by atoms with van der Waals surface area (Å²) in [5, 5.41) is 11.2. The molecule has 0 saturated carbocycles. The van der Waals surface area contributed by atoms with Gasteiger partial charge in [-0.15, -0.1) is 0 Å². The summed E-state index contributed by atoms with van der Waals surface area (Å²) < 4.78 is 4.77. The Kier molecular flexibility index (Phi) is 10.6. The van der Waals surface area contributed by atoms with Crippen LogP contribution < -0.4 is 21.7 Å². The zero-order chi connectivity index (χ0) is 22.6. The largest absolute Gasteiger partial charge is 0.450 e. The Morgan fingerprint density at radius 3 is 2.40 bits per heavy atom. The Morgan fingerprint density at radius 1 is 1.10 bits per heavy atom. The number of carbonyl (C=O) groups is 2. The lowest BCUT2D eigenvalue weighted by atomic mass is 9.99. The fourth-order valence-corrected chi connectivity index (χ4v) is 2.98. The monoisotopic (exact) mass is 432 g/mol. The van der Waals surface area contributed by atoms with Gasteiger partial charge < -0.3 is 26.4 Å². The van der Waals surface area contributed by atoms with Gasteiger partial charge in [-0.05, 0) is 50.9 Å². The minimum Gasteiger partial charge on any atom is -0.450 e. The summed E-state index contributed by atoms with van der Waals surface area (Å²) in [7, 11) is 0. The number of thiocarbonyl (C=S) groups is 1. The van der Waals surface area contributed by atoms with Crippen molar-refractivity contribution in [3.05, 3.63) is 42.5 Å². The normalized spacial score (nSPS) is 10.4. The molecule has 0 aromatic heterocycles. The van der Waals surface area contributed by atoms with Crippen LogP contribution in [-0.4, -0.2) is 35.8 Å². The van der Waals surface area contributed by atoms with Gasteiger partial charge in [-0.2, -0.15) is 0 Å². The molecular formula is C22H32N4O3S. The predicted molar refractivity (Wildman–Crippen MR) is 127 cm³/mol. The lowest BCUT2D eigenvalue weighted by Crippen LogP contribution is -2.43. The molecule has 30 heavy (non-hydrogen) atoms. The van der Waals surface area contributed by atoms with Crippen LogP contribution in [-0.2, 0) is 9.53 Å². The van der Waals surface area contributed by atoms with E-state index >= 15 is 0 Å². The Labute approximate surface area is 183 Å². The quantitative estimate of drug-likeness (QED) is 0.494. The van der Waals surface area contributed by atoms with Gasteiger partial charge in [-0.1, -0.05) is 49.7 Å². The maximum absolute atomic E-state index is 11.0. The second kappa shape index (κ2) is 12.6. The number of fused-ring (bicyclic) bond motifs is 1. The number of nitrogens with two attached hydrogens (primary N) is 1. The van der Waals surface area contributed by atoms with Crippen LogP contribution in [0.1, 0.15) is 40.5 Å². The second-order valence-corrected chi connectivity index (χ2v) is 7.69. The first kappa shape index (κ1) is 25.2. The van der Waals surface area contributed by atoms with Gasteiger partial charge in [0.1, 0.15) is 0 Å². The first-order valence-corrected chi connectivity index (χ1v) is 10.3. The average molecular weight is 433 g/mol. The van der Waals surface area contributed by atoms with E-state index in [-0.39, 0.29) is 18.2 Å². The van der Waals surface area contributed by atoms with Crippen molar-refractivity contribution in [2.75, 3.05) is 18.5 Å². The summed E-state index contributed by atoms with van der Waals surface area (Å²) in [4.78, 5) is 21.6. The second-order valence-electron chi connectivity index (χ2n) is 7.28. The number of benzene rings is 2. The van der Waals surface area contributed by atoms with Crippen molar-refractivity contribution in [2.24, 2.45) is 5.73 Å². The highest BCUT2D eigenvalue weighted by Crippen LogP contribution is 2.22. The highest BCUT2D eigenvalue weighted by molar-refractivity contribution is 7.80. The van der Waals surface area contributed by atoms with Gasteiger partial charge in [0.25, 0.3) is 0 Å². The highest BCUT2D eigenvalue weighted by Gasteiger charge is 2.19. The van der Waals surface area contributed by atoms with Crippen molar-refractivity contribution < 1.29 is 14.3 Å². The molecule has 0 saturated heterocycles. The highest BCUT2D eigenvalue weighted by atomic mass is 32.1. The average Bonchev–Trinajstić information content (AvgIpc) is 2.67. The first-order valence-electron chi connectivity index (χ1n) is 9.94. The Morgan fingerprint density at radius 2 is 1.77 bits per heavy atom. The van der Waals surface area contributed by atoms with Crippen molar-refractivity contribution in [1.82, 2.24) is 10.6 Å². The number of rotatable bonds is 7. The summed E-state index contributed by atoms with van der Waals surface area (Å²) in [5.41, 5.74) is 5.78. The van der Waals surface area contributed by atoms with Crippen molar-refractivity contribution in [1.29, 1.82) is 0 Å². The number of hydrogen-bond acceptors (Lipinski definition) is 4. The van der Waals surface area contributed by atoms with Crippen molar-refractivity contribution in [3.8, 4) is 0 Å². The number of nitrogens with one attached hydrogen (secondary N) is 3. The smallest absolute Gasteiger partial charge is 0.407 e. The minimum absolute atomic E-state index is 0.0244. The summed E-state index contributed by atoms with van der Waals surface area (Å²) in [6.07, 6.45) is 1.70. The molecule has 0 aliphatic heterocycles. The summed E-state index contributed by atoms with van der Waals surface area (Å²) in [6, 6.07) is 13.9. The fraction of sp³-hybridized carbons (Fsp3) is 0.409. The molecule has 0 unspecified atom stereocenters. The molecule has 2 rings (SSSR count). The van der Waals surface area contributed by atoms with Crippen LogP contribution in [0.15, 0.2) is 42.5 Å². The van der Waals surface area contributed by atoms with E-state index in [2.05, 4.69) is 22.9 Å². The molecule has 0 aliphatic carbocycles. The van der Waals surface area contributed by atoms with E-state index in [0.717, 1.165) is 29.3 Å². The van der Waals surface area contributed by atoms with E-state index < -0.39 is 5.91 Å². The van der Waals surface area contributed by atoms with Crippen LogP contribution in [0.4, 0.5) is 10.5 Å². The van der Waals surface area contributed by atoms with Gasteiger partial charge in [0.15, 0.2) is 5.11 Å². The number of carbonyl (C=O) groups excluding carboxylic acids is 2. The molecule has 8 heteroatoms. The molecule has 5 N–H and O–H groups in total. The van der Waals surface area contributed by atoms with E-state index in [1.54, 1.807) is 6.92 Å². The summed E-state index contributed by atoms with van der Waals surface area (Å²) in [5.74, 6) is -0.447. The summed E-state index contributed by atoms with van der Waals surface area (Å²) in [6.45, 7) is 8.33. The number of alkyl carbamates (subject to hydrolysis) is 1. The zero-order valence-corrected chi connectivity index (χ0v) is 18.9. The zero-order valence-electron chi connectivity index (χ0n) is 18.1. The molecule has 0 atom stereocenters. The lowest BCUT2D eigenvalue weighted by molar-refractivity contribution is -0.116. The third-order valence-electron chi connectivity index (χ3n) is 4.05. The van der Waals surface area contributed by atoms with E-state index in [9.17, 15) is 9.59 Å². The number of amides is 2. The third-order valence-corrected chi connectivity index (χ3v) is 4.30. The number of ether oxygens (including phenoxy) is 1. The topological polar surface area (TPSA) is 105 Å². The van der Waals surface area contributed by atoms with E-state index in [1.165, 1.54) is 0 Å². The first-order chi connectivity index (χ1) is 14.2. The van der Waals surface area contributed by atoms with Gasteiger partial charge in [0.2, 0.25) is 5.91 Å². The standard InChI is InChI=1S/C13H13N3OS.C9H19NO2/c14-12(17)8-15-13(18)16-11-7-3-5-9-4-1-2-6-10(9)11;1-5-7-9(3,4)10-8(11)12-6-2/h1-7H,8H2,(H2,14,17)(H2,15,16,18);5-7H2,1-4H3,(H,10,11). The molecule has 0 spiro atoms. The Bertz CT molecular complexity index is 850. The Balaban J connectivity index is 0.000000329. The van der Waals surface area contributed by atoms with Crippen molar-refractivity contribution in [3.63, 3.8) is 0 Å². The van der Waals surface area contributed by atoms with Crippen LogP contribution in [0.5, 0.6) is 0 Å². The molecule has 0 radical (unpaired) electrons. The fourth-order valence-electron chi connectivity index (χ4n) is 2.80. The lowest BCUT2D eigenvalue weighted by Gasteiger charge is -2.24. The van der Waals surface area contributed by atoms with E-state index in [4.69, 9.17) is 22.7 Å². The van der Waals surface area contributed by atoms with Gasteiger partial charge in [-0.3, -0.25) is 4.79 Å². The molecule has 164 valence electrons. The van der Waals surface area contributed by atoms with Crippen molar-refractivity contribution >= 4 is 45.8 Å². The number of hydrogen-bond donors (Lipinski definition) is 4. The van der Waals surface area contributed by atoms with Crippen LogP contribution in [0.2, 0.25) is 0 Å². The van der Waals surface area contributed by atoms with Gasteiger partial charge in [0, 0.05) is 16.6 Å². The van der Waals surface area contributed by atoms with Crippen molar-refractivity contribution in [2.45, 2.75) is 46.1 Å². The molecule has 2 amide bonds. The summed E-state index contributed by atoms with van der Waals surface area (Å²) >= 11 is 5.09. The maximum atomic E-state index is 11.0. The van der Waals surface area contributed by atoms with E-state index in [1.807, 2.05) is 56.3 Å².